The molecule has 71 heavy (non-hydrogen) atoms. The second-order valence-corrected chi connectivity index (χ2v) is 23.9. The minimum absolute atomic E-state index is 0.0422. The summed E-state index contributed by atoms with van der Waals surface area (Å²) in [6, 6.07) is 53.7. The molecule has 0 N–H and O–H groups in total. The molecule has 356 valence electrons. The number of hydrogen-bond donors (Lipinski definition) is 0. The number of rotatable bonds is 5. The van der Waals surface area contributed by atoms with Crippen molar-refractivity contribution < 1.29 is 8.83 Å². The average Bonchev–Trinajstić information content (AvgIpc) is 4.14. The molecule has 0 saturated heterocycles. The fourth-order valence-corrected chi connectivity index (χ4v) is 12.0. The van der Waals surface area contributed by atoms with Crippen molar-refractivity contribution in [3.05, 3.63) is 215 Å². The summed E-state index contributed by atoms with van der Waals surface area (Å²) < 4.78 is 15.7. The lowest BCUT2D eigenvalue weighted by molar-refractivity contribution is 0.591. The molecule has 0 aliphatic rings. The van der Waals surface area contributed by atoms with E-state index in [1.807, 2.05) is 78.9 Å². The lowest BCUT2D eigenvalue weighted by atomic mass is 9.86. The molecule has 12 aromatic rings. The Hall–Kier alpha value is -5.28. The minimum atomic E-state index is 0.0422. The van der Waals surface area contributed by atoms with E-state index in [9.17, 15) is 0 Å². The van der Waals surface area contributed by atoms with Gasteiger partial charge in [0.15, 0.2) is 0 Å². The Kier molecular flexibility index (Phi) is 13.9. The Bertz CT molecular complexity index is 3930. The number of halogens is 5. The van der Waals surface area contributed by atoms with Crippen molar-refractivity contribution in [1.82, 2.24) is 0 Å². The van der Waals surface area contributed by atoms with E-state index in [2.05, 4.69) is 146 Å². The molecular weight excluding hydrogens is 1060 g/mol. The highest BCUT2D eigenvalue weighted by molar-refractivity contribution is 9.10. The van der Waals surface area contributed by atoms with Crippen LogP contribution in [-0.2, 0) is 17.3 Å². The molecule has 0 aliphatic heterocycles. The number of para-hydroxylation sites is 2. The van der Waals surface area contributed by atoms with E-state index in [4.69, 9.17) is 55.2 Å². The van der Waals surface area contributed by atoms with E-state index in [0.29, 0.717) is 20.1 Å². The molecule has 0 spiro atoms. The van der Waals surface area contributed by atoms with Crippen LogP contribution in [0.1, 0.15) is 63.8 Å². The van der Waals surface area contributed by atoms with Crippen LogP contribution in [0.4, 0.5) is 17.1 Å². The van der Waals surface area contributed by atoms with Crippen molar-refractivity contribution in [3.8, 4) is 0 Å². The van der Waals surface area contributed by atoms with Gasteiger partial charge in [0, 0.05) is 62.6 Å². The molecule has 0 radical (unpaired) electrons. The number of fused-ring (bicyclic) bond motifs is 8. The molecule has 0 atom stereocenters. The normalized spacial score (nSPS) is 11.9. The number of nitrogens with zero attached hydrogens (tertiary/aromatic N) is 1. The second-order valence-electron chi connectivity index (χ2n) is 19.6. The lowest BCUT2D eigenvalue weighted by Crippen LogP contribution is -2.12. The first-order valence-electron chi connectivity index (χ1n) is 23.2. The molecule has 3 nitrogen and oxygen atoms in total. The summed E-state index contributed by atoms with van der Waals surface area (Å²) in [6.07, 6.45) is 0.745. The number of benzene rings is 8. The zero-order valence-corrected chi connectivity index (χ0v) is 46.1. The fraction of sp³-hybridized carbons (Fsp3) is 0.148. The van der Waals surface area contributed by atoms with Crippen LogP contribution in [-0.4, -0.2) is 0 Å². The Morgan fingerprint density at radius 2 is 1.00 bits per heavy atom. The Labute approximate surface area is 450 Å². The maximum Gasteiger partial charge on any atom is 0.135 e. The number of hydrogen-bond acceptors (Lipinski definition) is 5. The van der Waals surface area contributed by atoms with Gasteiger partial charge in [0.1, 0.15) is 22.3 Å². The van der Waals surface area contributed by atoms with Crippen molar-refractivity contribution in [2.45, 2.75) is 58.8 Å². The predicted molar refractivity (Wildman–Crippen MR) is 314 cm³/mol. The highest BCUT2D eigenvalue weighted by Crippen LogP contribution is 2.48. The summed E-state index contributed by atoms with van der Waals surface area (Å²) in [5, 5.41) is 13.6. The highest BCUT2D eigenvalue weighted by atomic mass is 79.9. The number of furan rings is 2. The van der Waals surface area contributed by atoms with Crippen LogP contribution in [0.3, 0.4) is 0 Å². The Morgan fingerprint density at radius 1 is 0.465 bits per heavy atom. The van der Waals surface area contributed by atoms with Gasteiger partial charge in [-0.15, -0.1) is 22.7 Å². The molecule has 10 heteroatoms. The van der Waals surface area contributed by atoms with Crippen molar-refractivity contribution in [1.29, 1.82) is 0 Å². The van der Waals surface area contributed by atoms with Gasteiger partial charge in [-0.25, -0.2) is 0 Å². The maximum absolute atomic E-state index is 6.81. The standard InChI is InChI=1S/C30H23Cl2NOS.C19H12Cl2O.C12H13BrS/c1-30(2,3)18-11-14-28-22(15-18)25(17-35-28)33(24-9-6-8-23(31)29(24)32)19-12-13-27-21(16-19)20-7-4-5-10-26(20)34-27;20-16-6-3-4-13(19(16)21)10-12-8-9-18-15(11-12)14-5-1-2-7-17(14)22-18;1-12(2,3)8-4-5-11-9(6-8)10(13)7-14-11/h4-17H,1-3H3;1-9,11H,10H2;4-7H,1-3H3. The quantitative estimate of drug-likeness (QED) is 0.172. The van der Waals surface area contributed by atoms with Crippen LogP contribution in [0.5, 0.6) is 0 Å². The van der Waals surface area contributed by atoms with Crippen LogP contribution in [0, 0.1) is 0 Å². The SMILES string of the molecule is CC(C)(C)c1ccc2scc(Br)c2c1.CC(C)(C)c1ccc2scc(N(c3ccc4oc5ccccc5c4c3)c3cccc(Cl)c3Cl)c2c1.Clc1cccc(Cc2ccc3oc4ccccc4c3c2)c1Cl. The van der Waals surface area contributed by atoms with Crippen LogP contribution >= 0.6 is 85.0 Å². The van der Waals surface area contributed by atoms with Gasteiger partial charge in [0.05, 0.1) is 31.5 Å². The molecule has 12 rings (SSSR count). The summed E-state index contributed by atoms with van der Waals surface area (Å²) in [6.45, 7) is 13.5. The van der Waals surface area contributed by atoms with E-state index in [0.717, 1.165) is 72.9 Å². The molecule has 4 heterocycles. The summed E-state index contributed by atoms with van der Waals surface area (Å²) >= 11 is 32.8. The van der Waals surface area contributed by atoms with Gasteiger partial charge in [-0.1, -0.05) is 161 Å². The first-order valence-corrected chi connectivity index (χ1v) is 27.3. The van der Waals surface area contributed by atoms with Gasteiger partial charge in [0.25, 0.3) is 0 Å². The molecular formula is C61H48BrCl4NO2S2. The zero-order chi connectivity index (χ0) is 49.8. The third-order valence-electron chi connectivity index (χ3n) is 12.7. The predicted octanol–water partition coefficient (Wildman–Crippen LogP) is 22.3. The monoisotopic (exact) mass is 1110 g/mol. The van der Waals surface area contributed by atoms with Crippen LogP contribution in [0.15, 0.2) is 182 Å². The maximum atomic E-state index is 6.81. The molecule has 4 aromatic heterocycles. The molecule has 0 bridgehead atoms. The zero-order valence-electron chi connectivity index (χ0n) is 39.8. The van der Waals surface area contributed by atoms with Crippen LogP contribution in [0.25, 0.3) is 64.0 Å². The smallest absolute Gasteiger partial charge is 0.135 e. The van der Waals surface area contributed by atoms with E-state index in [-0.39, 0.29) is 10.8 Å². The molecule has 0 fully saturated rings. The topological polar surface area (TPSA) is 29.5 Å². The average molecular weight is 1110 g/mol. The first-order chi connectivity index (χ1) is 34.0. The van der Waals surface area contributed by atoms with Gasteiger partial charge in [-0.2, -0.15) is 0 Å². The van der Waals surface area contributed by atoms with E-state index in [1.54, 1.807) is 28.7 Å². The molecule has 0 aliphatic carbocycles. The number of anilines is 3. The minimum Gasteiger partial charge on any atom is -0.456 e. The van der Waals surface area contributed by atoms with Gasteiger partial charge in [-0.3, -0.25) is 0 Å². The van der Waals surface area contributed by atoms with Gasteiger partial charge in [-0.05, 0) is 140 Å². The molecule has 0 saturated carbocycles. The summed E-state index contributed by atoms with van der Waals surface area (Å²) in [4.78, 5) is 2.21. The third-order valence-corrected chi connectivity index (χ3v) is 17.3. The molecule has 0 amide bonds. The summed E-state index contributed by atoms with van der Waals surface area (Å²) in [7, 11) is 0. The Balaban J connectivity index is 0.000000137. The number of thiophene rings is 2. The van der Waals surface area contributed by atoms with Crippen molar-refractivity contribution in [3.63, 3.8) is 0 Å². The van der Waals surface area contributed by atoms with Crippen molar-refractivity contribution in [2.24, 2.45) is 0 Å². The third kappa shape index (κ3) is 10.1. The summed E-state index contributed by atoms with van der Waals surface area (Å²) in [5.74, 6) is 0. The van der Waals surface area contributed by atoms with Gasteiger partial charge >= 0.3 is 0 Å². The Morgan fingerprint density at radius 3 is 1.65 bits per heavy atom. The van der Waals surface area contributed by atoms with Crippen LogP contribution < -0.4 is 4.90 Å². The summed E-state index contributed by atoms with van der Waals surface area (Å²) in [5.41, 5.74) is 11.6. The molecule has 8 aromatic carbocycles. The highest BCUT2D eigenvalue weighted by Gasteiger charge is 2.23. The van der Waals surface area contributed by atoms with E-state index in [1.165, 1.54) is 41.3 Å². The van der Waals surface area contributed by atoms with Crippen molar-refractivity contribution in [2.75, 3.05) is 4.90 Å². The molecule has 0 unspecified atom stereocenters. The fourth-order valence-electron chi connectivity index (χ4n) is 8.83. The first kappa shape index (κ1) is 49.3. The van der Waals surface area contributed by atoms with Gasteiger partial charge < -0.3 is 13.7 Å². The van der Waals surface area contributed by atoms with Crippen molar-refractivity contribution >= 4 is 166 Å². The van der Waals surface area contributed by atoms with E-state index < -0.39 is 0 Å². The van der Waals surface area contributed by atoms with Crippen LogP contribution in [0.2, 0.25) is 20.1 Å². The second kappa shape index (κ2) is 20.0. The lowest BCUT2D eigenvalue weighted by Gasteiger charge is -2.27. The largest absolute Gasteiger partial charge is 0.456 e. The van der Waals surface area contributed by atoms with E-state index >= 15 is 0 Å². The van der Waals surface area contributed by atoms with Gasteiger partial charge in [0.2, 0.25) is 0 Å².